The van der Waals surface area contributed by atoms with E-state index in [0.717, 1.165) is 12.8 Å². The molecule has 1 aliphatic rings. The molecule has 1 aromatic carbocycles. The van der Waals surface area contributed by atoms with Crippen molar-refractivity contribution in [1.29, 1.82) is 0 Å². The normalized spacial score (nSPS) is 18.1. The Morgan fingerprint density at radius 2 is 2.32 bits per heavy atom. The third-order valence-electron chi connectivity index (χ3n) is 3.69. The van der Waals surface area contributed by atoms with Gasteiger partial charge in [0, 0.05) is 6.61 Å². The highest BCUT2D eigenvalue weighted by molar-refractivity contribution is 6.03. The molecule has 116 valence electrons. The molecule has 0 aliphatic carbocycles. The van der Waals surface area contributed by atoms with Gasteiger partial charge in [0.15, 0.2) is 0 Å². The lowest BCUT2D eigenvalue weighted by Gasteiger charge is -2.20. The molecule has 1 fully saturated rings. The second-order valence-corrected chi connectivity index (χ2v) is 5.18. The van der Waals surface area contributed by atoms with Gasteiger partial charge in [-0.1, -0.05) is 6.07 Å². The number of methoxy groups -OCH3 is 1. The Morgan fingerprint density at radius 3 is 3.05 bits per heavy atom. The molecule has 1 aliphatic heterocycles. The Hall–Kier alpha value is -2.41. The standard InChI is InChI=1S/C15H17N3O4/c1-21-14(20)10-5-2-6-11-12(10)17-15(16-11)18-13(19)9-4-3-7-22-8-9/h2,5-6,9H,3-4,7-8H2,1H3,(H2,16,17,18,19). The van der Waals surface area contributed by atoms with E-state index in [1.807, 2.05) is 0 Å². The zero-order valence-electron chi connectivity index (χ0n) is 12.2. The molecule has 7 nitrogen and oxygen atoms in total. The van der Waals surface area contributed by atoms with E-state index in [1.165, 1.54) is 7.11 Å². The van der Waals surface area contributed by atoms with Gasteiger partial charge >= 0.3 is 5.97 Å². The first kappa shape index (κ1) is 14.5. The van der Waals surface area contributed by atoms with E-state index in [2.05, 4.69) is 15.3 Å². The monoisotopic (exact) mass is 303 g/mol. The summed E-state index contributed by atoms with van der Waals surface area (Å²) in [5.41, 5.74) is 1.50. The summed E-state index contributed by atoms with van der Waals surface area (Å²) in [6.07, 6.45) is 1.68. The van der Waals surface area contributed by atoms with Crippen LogP contribution >= 0.6 is 0 Å². The molecule has 1 saturated heterocycles. The SMILES string of the molecule is COC(=O)c1cccc2[nH]c(NC(=O)C3CCCOC3)nc12. The quantitative estimate of drug-likeness (QED) is 0.842. The number of carbonyl (C=O) groups excluding carboxylic acids is 2. The van der Waals surface area contributed by atoms with Crippen LogP contribution in [0.3, 0.4) is 0 Å². The van der Waals surface area contributed by atoms with Crippen molar-refractivity contribution in [1.82, 2.24) is 9.97 Å². The fourth-order valence-electron chi connectivity index (χ4n) is 2.53. The van der Waals surface area contributed by atoms with E-state index in [1.54, 1.807) is 18.2 Å². The van der Waals surface area contributed by atoms with E-state index >= 15 is 0 Å². The van der Waals surface area contributed by atoms with Gasteiger partial charge in [-0.15, -0.1) is 0 Å². The minimum absolute atomic E-state index is 0.127. The number of hydrogen-bond acceptors (Lipinski definition) is 5. The minimum atomic E-state index is -0.462. The number of H-pyrrole nitrogens is 1. The Labute approximate surface area is 127 Å². The second kappa shape index (κ2) is 6.15. The highest BCUT2D eigenvalue weighted by Gasteiger charge is 2.23. The van der Waals surface area contributed by atoms with Crippen LogP contribution in [0.1, 0.15) is 23.2 Å². The van der Waals surface area contributed by atoms with Gasteiger partial charge in [-0.25, -0.2) is 9.78 Å². The van der Waals surface area contributed by atoms with Crippen LogP contribution in [0.25, 0.3) is 11.0 Å². The molecule has 2 aromatic rings. The number of aromatic nitrogens is 2. The predicted octanol–water partition coefficient (Wildman–Crippen LogP) is 1.71. The van der Waals surface area contributed by atoms with Gasteiger partial charge in [0.2, 0.25) is 11.9 Å². The van der Waals surface area contributed by atoms with Gasteiger partial charge < -0.3 is 14.5 Å². The molecule has 2 N–H and O–H groups in total. The molecule has 1 unspecified atom stereocenters. The van der Waals surface area contributed by atoms with Crippen LogP contribution in [0.15, 0.2) is 18.2 Å². The molecule has 1 aromatic heterocycles. The number of benzene rings is 1. The van der Waals surface area contributed by atoms with E-state index in [-0.39, 0.29) is 11.8 Å². The van der Waals surface area contributed by atoms with E-state index in [0.29, 0.717) is 35.8 Å². The summed E-state index contributed by atoms with van der Waals surface area (Å²) < 4.78 is 10.0. The minimum Gasteiger partial charge on any atom is -0.465 e. The van der Waals surface area contributed by atoms with Gasteiger partial charge in [0.05, 0.1) is 30.7 Å². The molecule has 0 saturated carbocycles. The van der Waals surface area contributed by atoms with Gasteiger partial charge in [0.25, 0.3) is 0 Å². The van der Waals surface area contributed by atoms with Crippen molar-refractivity contribution in [2.24, 2.45) is 5.92 Å². The van der Waals surface area contributed by atoms with Crippen LogP contribution in [0.4, 0.5) is 5.95 Å². The average molecular weight is 303 g/mol. The number of aromatic amines is 1. The predicted molar refractivity (Wildman–Crippen MR) is 79.6 cm³/mol. The number of rotatable bonds is 3. The fraction of sp³-hybridized carbons (Fsp3) is 0.400. The summed E-state index contributed by atoms with van der Waals surface area (Å²) in [5.74, 6) is -0.432. The number of hydrogen-bond donors (Lipinski definition) is 2. The molecule has 7 heteroatoms. The lowest BCUT2D eigenvalue weighted by molar-refractivity contribution is -0.123. The van der Waals surface area contributed by atoms with Crippen LogP contribution in [-0.4, -0.2) is 42.2 Å². The molecule has 0 radical (unpaired) electrons. The van der Waals surface area contributed by atoms with Crippen LogP contribution in [0.5, 0.6) is 0 Å². The number of imidazole rings is 1. The van der Waals surface area contributed by atoms with Crippen molar-refractivity contribution in [3.8, 4) is 0 Å². The summed E-state index contributed by atoms with van der Waals surface area (Å²) in [7, 11) is 1.32. The Balaban J connectivity index is 1.82. The molecular formula is C15H17N3O4. The van der Waals surface area contributed by atoms with Crippen molar-refractivity contribution in [2.45, 2.75) is 12.8 Å². The van der Waals surface area contributed by atoms with Crippen molar-refractivity contribution in [3.63, 3.8) is 0 Å². The number of fused-ring (bicyclic) bond motifs is 1. The number of ether oxygens (including phenoxy) is 2. The lowest BCUT2D eigenvalue weighted by Crippen LogP contribution is -2.30. The second-order valence-electron chi connectivity index (χ2n) is 5.18. The zero-order chi connectivity index (χ0) is 15.5. The summed E-state index contributed by atoms with van der Waals surface area (Å²) in [4.78, 5) is 31.2. The highest BCUT2D eigenvalue weighted by atomic mass is 16.5. The number of para-hydroxylation sites is 1. The Kier molecular flexibility index (Phi) is 4.06. The number of carbonyl (C=O) groups is 2. The third kappa shape index (κ3) is 2.80. The highest BCUT2D eigenvalue weighted by Crippen LogP contribution is 2.21. The smallest absolute Gasteiger partial charge is 0.340 e. The summed E-state index contributed by atoms with van der Waals surface area (Å²) in [5, 5.41) is 2.75. The maximum Gasteiger partial charge on any atom is 0.340 e. The largest absolute Gasteiger partial charge is 0.465 e. The Morgan fingerprint density at radius 1 is 1.45 bits per heavy atom. The number of nitrogens with zero attached hydrogens (tertiary/aromatic N) is 1. The number of anilines is 1. The topological polar surface area (TPSA) is 93.3 Å². The third-order valence-corrected chi connectivity index (χ3v) is 3.69. The maximum atomic E-state index is 12.2. The van der Waals surface area contributed by atoms with Crippen LogP contribution in [0.2, 0.25) is 0 Å². The fourth-order valence-corrected chi connectivity index (χ4v) is 2.53. The lowest BCUT2D eigenvalue weighted by atomic mass is 10.0. The van der Waals surface area contributed by atoms with Gasteiger partial charge in [-0.3, -0.25) is 10.1 Å². The molecule has 1 atom stereocenters. The first-order valence-electron chi connectivity index (χ1n) is 7.14. The molecule has 1 amide bonds. The Bertz CT molecular complexity index is 704. The first-order chi connectivity index (χ1) is 10.7. The summed E-state index contributed by atoms with van der Waals surface area (Å²) in [6.45, 7) is 1.14. The number of nitrogens with one attached hydrogen (secondary N) is 2. The maximum absolute atomic E-state index is 12.2. The zero-order valence-corrected chi connectivity index (χ0v) is 12.2. The molecule has 3 rings (SSSR count). The van der Waals surface area contributed by atoms with Crippen LogP contribution in [-0.2, 0) is 14.3 Å². The number of esters is 1. The molecule has 0 spiro atoms. The van der Waals surface area contributed by atoms with Crippen LogP contribution in [0, 0.1) is 5.92 Å². The molecule has 22 heavy (non-hydrogen) atoms. The van der Waals surface area contributed by atoms with Gasteiger partial charge in [-0.05, 0) is 25.0 Å². The first-order valence-corrected chi connectivity index (χ1v) is 7.14. The van der Waals surface area contributed by atoms with Crippen molar-refractivity contribution < 1.29 is 19.1 Å². The van der Waals surface area contributed by atoms with E-state index in [9.17, 15) is 9.59 Å². The summed E-state index contributed by atoms with van der Waals surface area (Å²) in [6, 6.07) is 5.15. The van der Waals surface area contributed by atoms with Gasteiger partial charge in [0.1, 0.15) is 5.52 Å². The van der Waals surface area contributed by atoms with Gasteiger partial charge in [-0.2, -0.15) is 0 Å². The number of amides is 1. The van der Waals surface area contributed by atoms with Crippen molar-refractivity contribution in [2.75, 3.05) is 25.6 Å². The van der Waals surface area contributed by atoms with Crippen molar-refractivity contribution >= 4 is 28.9 Å². The van der Waals surface area contributed by atoms with Crippen LogP contribution < -0.4 is 5.32 Å². The summed E-state index contributed by atoms with van der Waals surface area (Å²) >= 11 is 0. The van der Waals surface area contributed by atoms with Crippen molar-refractivity contribution in [3.05, 3.63) is 23.8 Å². The molecule has 0 bridgehead atoms. The molecular weight excluding hydrogens is 286 g/mol. The average Bonchev–Trinajstić information content (AvgIpc) is 2.97. The van der Waals surface area contributed by atoms with E-state index < -0.39 is 5.97 Å². The molecule has 2 heterocycles. The van der Waals surface area contributed by atoms with E-state index in [4.69, 9.17) is 9.47 Å².